The van der Waals surface area contributed by atoms with Gasteiger partial charge in [0.2, 0.25) is 0 Å². The monoisotopic (exact) mass is 354 g/mol. The number of hydrogen-bond acceptors (Lipinski definition) is 3. The van der Waals surface area contributed by atoms with E-state index >= 15 is 0 Å². The second-order valence-corrected chi connectivity index (χ2v) is 6.71. The lowest BCUT2D eigenvalue weighted by molar-refractivity contribution is 0.0651. The molecule has 3 aromatic carbocycles. The molecule has 1 aliphatic heterocycles. The van der Waals surface area contributed by atoms with Crippen molar-refractivity contribution in [3.63, 3.8) is 0 Å². The molecule has 5 rings (SSSR count). The first-order valence-electron chi connectivity index (χ1n) is 8.97. The quantitative estimate of drug-likeness (QED) is 0.550. The van der Waals surface area contributed by atoms with Gasteiger partial charge in [-0.2, -0.15) is 0 Å². The molecule has 4 aromatic rings. The average molecular weight is 354 g/mol. The summed E-state index contributed by atoms with van der Waals surface area (Å²) in [6.45, 7) is 0.407. The van der Waals surface area contributed by atoms with Gasteiger partial charge in [-0.1, -0.05) is 48.5 Å². The molecule has 0 fully saturated rings. The molecule has 1 unspecified atom stereocenters. The maximum Gasteiger partial charge on any atom is 0.258 e. The lowest BCUT2D eigenvalue weighted by Gasteiger charge is -2.37. The number of amides is 1. The number of carbonyl (C=O) groups excluding carboxylic acids is 1. The number of anilines is 1. The molecular weight excluding hydrogens is 336 g/mol. The third kappa shape index (κ3) is 2.75. The van der Waals surface area contributed by atoms with Gasteiger partial charge in [0.1, 0.15) is 11.9 Å². The van der Waals surface area contributed by atoms with Crippen LogP contribution >= 0.6 is 0 Å². The Morgan fingerprint density at radius 3 is 2.56 bits per heavy atom. The van der Waals surface area contributed by atoms with Crippen molar-refractivity contribution in [3.05, 3.63) is 102 Å². The van der Waals surface area contributed by atoms with Crippen LogP contribution in [0.4, 0.5) is 5.69 Å². The standard InChI is InChI=1S/C23H18N2O2/c26-23-20-9-3-4-10-21(20)24-22(25(23)15-19-8-5-13-27-19)18-12-11-16-6-1-2-7-17(16)14-18/h1-14,22,24H,15H2. The van der Waals surface area contributed by atoms with Gasteiger partial charge in [-0.3, -0.25) is 4.79 Å². The van der Waals surface area contributed by atoms with E-state index in [9.17, 15) is 4.79 Å². The van der Waals surface area contributed by atoms with Crippen LogP contribution in [0.5, 0.6) is 0 Å². The van der Waals surface area contributed by atoms with Crippen LogP contribution in [0.1, 0.15) is 27.8 Å². The molecule has 4 nitrogen and oxygen atoms in total. The molecule has 27 heavy (non-hydrogen) atoms. The Morgan fingerprint density at radius 1 is 0.889 bits per heavy atom. The summed E-state index contributed by atoms with van der Waals surface area (Å²) >= 11 is 0. The fraction of sp³-hybridized carbons (Fsp3) is 0.0870. The van der Waals surface area contributed by atoms with Crippen molar-refractivity contribution in [1.29, 1.82) is 0 Å². The van der Waals surface area contributed by atoms with Gasteiger partial charge < -0.3 is 14.6 Å². The topological polar surface area (TPSA) is 45.5 Å². The second kappa shape index (κ2) is 6.32. The highest BCUT2D eigenvalue weighted by atomic mass is 16.3. The highest BCUT2D eigenvalue weighted by Crippen LogP contribution is 2.35. The minimum Gasteiger partial charge on any atom is -0.467 e. The van der Waals surface area contributed by atoms with E-state index in [-0.39, 0.29) is 12.1 Å². The van der Waals surface area contributed by atoms with E-state index in [4.69, 9.17) is 4.42 Å². The Kier molecular flexibility index (Phi) is 3.68. The van der Waals surface area contributed by atoms with E-state index in [0.29, 0.717) is 12.1 Å². The summed E-state index contributed by atoms with van der Waals surface area (Å²) < 4.78 is 5.51. The smallest absolute Gasteiger partial charge is 0.258 e. The molecule has 1 amide bonds. The molecule has 2 heterocycles. The first-order chi connectivity index (χ1) is 13.3. The Hall–Kier alpha value is -3.53. The maximum atomic E-state index is 13.2. The number of nitrogens with one attached hydrogen (secondary N) is 1. The van der Waals surface area contributed by atoms with E-state index in [0.717, 1.165) is 22.4 Å². The minimum atomic E-state index is -0.262. The SMILES string of the molecule is O=C1c2ccccc2NC(c2ccc3ccccc3c2)N1Cc1ccco1. The number of benzene rings is 3. The molecule has 4 heteroatoms. The summed E-state index contributed by atoms with van der Waals surface area (Å²) in [5, 5.41) is 5.87. The number of carbonyl (C=O) groups is 1. The van der Waals surface area contributed by atoms with Crippen LogP contribution in [0.2, 0.25) is 0 Å². The Labute approximate surface area is 157 Å². The van der Waals surface area contributed by atoms with Crippen molar-refractivity contribution >= 4 is 22.4 Å². The lowest BCUT2D eigenvalue weighted by Crippen LogP contribution is -2.42. The summed E-state index contributed by atoms with van der Waals surface area (Å²) in [7, 11) is 0. The molecule has 0 saturated heterocycles. The van der Waals surface area contributed by atoms with E-state index in [1.54, 1.807) is 6.26 Å². The lowest BCUT2D eigenvalue weighted by atomic mass is 10.0. The highest BCUT2D eigenvalue weighted by Gasteiger charge is 2.33. The van der Waals surface area contributed by atoms with E-state index in [1.165, 1.54) is 5.39 Å². The number of fused-ring (bicyclic) bond motifs is 2. The molecule has 0 bridgehead atoms. The first-order valence-corrected chi connectivity index (χ1v) is 8.97. The Balaban J connectivity index is 1.61. The average Bonchev–Trinajstić information content (AvgIpc) is 3.23. The number of hydrogen-bond donors (Lipinski definition) is 1. The minimum absolute atomic E-state index is 0.00101. The van der Waals surface area contributed by atoms with E-state index < -0.39 is 0 Å². The van der Waals surface area contributed by atoms with Gasteiger partial charge in [-0.25, -0.2) is 0 Å². The van der Waals surface area contributed by atoms with Crippen LogP contribution in [0.3, 0.4) is 0 Å². The van der Waals surface area contributed by atoms with Crippen LogP contribution in [-0.4, -0.2) is 10.8 Å². The van der Waals surface area contributed by atoms with E-state index in [2.05, 4.69) is 35.6 Å². The summed E-state index contributed by atoms with van der Waals surface area (Å²) in [5.74, 6) is 0.759. The van der Waals surface area contributed by atoms with Gasteiger partial charge in [-0.15, -0.1) is 0 Å². The molecule has 132 valence electrons. The van der Waals surface area contributed by atoms with Crippen molar-refractivity contribution in [2.24, 2.45) is 0 Å². The van der Waals surface area contributed by atoms with Crippen LogP contribution in [0.25, 0.3) is 10.8 Å². The van der Waals surface area contributed by atoms with Gasteiger partial charge in [0, 0.05) is 5.69 Å². The van der Waals surface area contributed by atoms with Gasteiger partial charge >= 0.3 is 0 Å². The highest BCUT2D eigenvalue weighted by molar-refractivity contribution is 6.01. The Bertz CT molecular complexity index is 1120. The normalized spacial score (nSPS) is 16.2. The molecule has 1 N–H and O–H groups in total. The third-order valence-electron chi connectivity index (χ3n) is 5.02. The Morgan fingerprint density at radius 2 is 1.70 bits per heavy atom. The fourth-order valence-corrected chi connectivity index (χ4v) is 3.67. The maximum absolute atomic E-state index is 13.2. The summed E-state index contributed by atoms with van der Waals surface area (Å²) in [4.78, 5) is 15.1. The molecule has 0 radical (unpaired) electrons. The third-order valence-corrected chi connectivity index (χ3v) is 5.02. The molecule has 1 aromatic heterocycles. The van der Waals surface area contributed by atoms with Crippen LogP contribution in [0, 0.1) is 0 Å². The molecule has 0 saturated carbocycles. The van der Waals surface area contributed by atoms with Crippen LogP contribution in [0.15, 0.2) is 89.5 Å². The summed E-state index contributed by atoms with van der Waals surface area (Å²) in [5.41, 5.74) is 2.58. The molecular formula is C23H18N2O2. The summed E-state index contributed by atoms with van der Waals surface area (Å²) in [6.07, 6.45) is 1.37. The molecule has 1 aliphatic rings. The molecule has 0 aliphatic carbocycles. The zero-order valence-electron chi connectivity index (χ0n) is 14.6. The number of nitrogens with zero attached hydrogens (tertiary/aromatic N) is 1. The van der Waals surface area contributed by atoms with Crippen LogP contribution < -0.4 is 5.32 Å². The van der Waals surface area contributed by atoms with Crippen molar-refractivity contribution in [3.8, 4) is 0 Å². The predicted molar refractivity (Wildman–Crippen MR) is 105 cm³/mol. The number of furan rings is 1. The van der Waals surface area contributed by atoms with Crippen molar-refractivity contribution in [2.75, 3.05) is 5.32 Å². The largest absolute Gasteiger partial charge is 0.467 e. The van der Waals surface area contributed by atoms with Gasteiger partial charge in [0.05, 0.1) is 18.4 Å². The van der Waals surface area contributed by atoms with Gasteiger partial charge in [-0.05, 0) is 46.7 Å². The molecule has 1 atom stereocenters. The van der Waals surface area contributed by atoms with Gasteiger partial charge in [0.15, 0.2) is 0 Å². The predicted octanol–water partition coefficient (Wildman–Crippen LogP) is 5.20. The molecule has 0 spiro atoms. The number of para-hydroxylation sites is 1. The zero-order chi connectivity index (χ0) is 18.2. The van der Waals surface area contributed by atoms with Crippen molar-refractivity contribution in [1.82, 2.24) is 4.90 Å². The summed E-state index contributed by atoms with van der Waals surface area (Å²) in [6, 6.07) is 25.9. The van der Waals surface area contributed by atoms with Crippen LogP contribution in [-0.2, 0) is 6.54 Å². The first kappa shape index (κ1) is 15.7. The van der Waals surface area contributed by atoms with Crippen molar-refractivity contribution < 1.29 is 9.21 Å². The zero-order valence-corrected chi connectivity index (χ0v) is 14.6. The van der Waals surface area contributed by atoms with E-state index in [1.807, 2.05) is 53.4 Å². The van der Waals surface area contributed by atoms with Crippen molar-refractivity contribution in [2.45, 2.75) is 12.7 Å². The van der Waals surface area contributed by atoms with Gasteiger partial charge in [0.25, 0.3) is 5.91 Å². The number of rotatable bonds is 3. The second-order valence-electron chi connectivity index (χ2n) is 6.71. The fourth-order valence-electron chi connectivity index (χ4n) is 3.67.